The van der Waals surface area contributed by atoms with E-state index in [1.165, 1.54) is 65.3 Å². The van der Waals surface area contributed by atoms with Crippen molar-refractivity contribution in [1.82, 2.24) is 0 Å². The molecular formula is C56H86OSi2. The van der Waals surface area contributed by atoms with E-state index in [1.54, 1.807) is 0 Å². The van der Waals surface area contributed by atoms with Crippen LogP contribution in [0.2, 0.25) is 0 Å². The van der Waals surface area contributed by atoms with Gasteiger partial charge in [-0.25, -0.2) is 0 Å². The van der Waals surface area contributed by atoms with Crippen LogP contribution in [0.3, 0.4) is 0 Å². The minimum Gasteiger partial charge on any atom is -0.446 e. The molecule has 0 aromatic heterocycles. The molecular weight excluding hydrogens is 745 g/mol. The molecule has 1 nitrogen and oxygen atoms in total. The Morgan fingerprint density at radius 1 is 0.237 bits per heavy atom. The van der Waals surface area contributed by atoms with Crippen LogP contribution in [0.4, 0.5) is 0 Å². The fourth-order valence-corrected chi connectivity index (χ4v) is 19.7. The van der Waals surface area contributed by atoms with Crippen LogP contribution in [-0.2, 0) is 47.4 Å². The maximum Gasteiger partial charge on any atom is 0.229 e. The summed E-state index contributed by atoms with van der Waals surface area (Å²) in [5.41, 5.74) is 10.7. The van der Waals surface area contributed by atoms with Crippen molar-refractivity contribution in [2.24, 2.45) is 0 Å². The highest BCUT2D eigenvalue weighted by Gasteiger charge is 2.44. The van der Waals surface area contributed by atoms with E-state index in [1.807, 2.05) is 0 Å². The zero-order valence-corrected chi connectivity index (χ0v) is 44.8. The van der Waals surface area contributed by atoms with Crippen LogP contribution in [0.1, 0.15) is 211 Å². The molecule has 4 aromatic rings. The average molecular weight is 831 g/mol. The summed E-state index contributed by atoms with van der Waals surface area (Å²) >= 11 is 0. The lowest BCUT2D eigenvalue weighted by Crippen LogP contribution is -2.64. The highest BCUT2D eigenvalue weighted by atomic mass is 28.4. The van der Waals surface area contributed by atoms with E-state index in [4.69, 9.17) is 4.12 Å². The maximum atomic E-state index is 8.96. The quantitative estimate of drug-likeness (QED) is 0.176. The van der Waals surface area contributed by atoms with Crippen molar-refractivity contribution in [2.45, 2.75) is 209 Å². The first-order valence-corrected chi connectivity index (χ1v) is 25.9. The zero-order chi connectivity index (χ0) is 45.3. The van der Waals surface area contributed by atoms with E-state index in [2.05, 4.69) is 239 Å². The largest absolute Gasteiger partial charge is 0.446 e. The third kappa shape index (κ3) is 10.7. The summed E-state index contributed by atoms with van der Waals surface area (Å²) in [5.74, 6) is 0. The minimum absolute atomic E-state index is 0.0966. The molecule has 0 fully saturated rings. The lowest BCUT2D eigenvalue weighted by atomic mass is 9.80. The van der Waals surface area contributed by atoms with Crippen molar-refractivity contribution in [3.8, 4) is 0 Å². The fraction of sp³-hybridized carbons (Fsp3) is 0.571. The molecule has 0 bridgehead atoms. The van der Waals surface area contributed by atoms with Crippen LogP contribution in [0.5, 0.6) is 0 Å². The zero-order valence-electron chi connectivity index (χ0n) is 42.5. The molecule has 0 atom stereocenters. The molecule has 59 heavy (non-hydrogen) atoms. The second kappa shape index (κ2) is 16.2. The Hall–Kier alpha value is -2.73. The summed E-state index contributed by atoms with van der Waals surface area (Å²) < 4.78 is 8.96. The molecule has 0 spiro atoms. The molecule has 0 aliphatic heterocycles. The number of hydrogen-bond acceptors (Lipinski definition) is 1. The predicted molar refractivity (Wildman–Crippen MR) is 269 cm³/mol. The van der Waals surface area contributed by atoms with Gasteiger partial charge in [0.1, 0.15) is 0 Å². The number of benzene rings is 4. The molecule has 0 saturated heterocycles. The van der Waals surface area contributed by atoms with Gasteiger partial charge in [0.15, 0.2) is 0 Å². The van der Waals surface area contributed by atoms with Gasteiger partial charge >= 0.3 is 0 Å². The average Bonchev–Trinajstić information content (AvgIpc) is 3.04. The van der Waals surface area contributed by atoms with Crippen LogP contribution >= 0.6 is 0 Å². The van der Waals surface area contributed by atoms with Gasteiger partial charge in [-0.15, -0.1) is 0 Å². The van der Waals surface area contributed by atoms with Crippen molar-refractivity contribution < 1.29 is 4.12 Å². The van der Waals surface area contributed by atoms with Gasteiger partial charge in [0.2, 0.25) is 18.1 Å². The lowest BCUT2D eigenvalue weighted by molar-refractivity contribution is 0.552. The van der Waals surface area contributed by atoms with Crippen molar-refractivity contribution in [3.63, 3.8) is 0 Å². The van der Waals surface area contributed by atoms with E-state index in [-0.39, 0.29) is 43.3 Å². The molecule has 0 N–H and O–H groups in total. The molecule has 324 valence electrons. The van der Waals surface area contributed by atoms with E-state index in [9.17, 15) is 0 Å². The Morgan fingerprint density at radius 2 is 0.356 bits per heavy atom. The molecule has 0 heterocycles. The summed E-state index contributed by atoms with van der Waals surface area (Å²) in [6.07, 6.45) is 0. The Morgan fingerprint density at radius 3 is 0.458 bits per heavy atom. The SMILES string of the molecule is CC(C)(C)c1cccc(C(C)(C)C)c1[SiH](O[SiH](c1c(C(C)(C)C)cccc1C(C)(C)C)c1c(C(C)(C)C)cccc1C(C)(C)C)c1c(C(C)(C)C)cccc1C(C)(C)C. The summed E-state index contributed by atoms with van der Waals surface area (Å²) in [7, 11) is -5.28. The standard InChI is InChI=1S/C56H86OSi2/c1-49(2,3)37-29-25-30-38(50(4,5)6)45(37)58(46-39(51(7,8)9)31-26-32-40(46)52(10,11)12)57-59(47-41(53(13,14)15)33-27-34-42(47)54(16,17)18)48-43(55(19,20)21)35-28-36-44(48)56(22,23)24/h25-36,58-59H,1-24H3. The maximum absolute atomic E-state index is 8.96. The van der Waals surface area contributed by atoms with Gasteiger partial charge in [-0.3, -0.25) is 0 Å². The third-order valence-electron chi connectivity index (χ3n) is 12.2. The van der Waals surface area contributed by atoms with Gasteiger partial charge in [0.25, 0.3) is 0 Å². The molecule has 3 heteroatoms. The molecule has 0 unspecified atom stereocenters. The summed E-state index contributed by atoms with van der Waals surface area (Å²) in [6.45, 7) is 58.0. The Labute approximate surface area is 368 Å². The first-order chi connectivity index (χ1) is 26.4. The monoisotopic (exact) mass is 831 g/mol. The van der Waals surface area contributed by atoms with E-state index in [0.29, 0.717) is 0 Å². The lowest BCUT2D eigenvalue weighted by Gasteiger charge is -2.42. The van der Waals surface area contributed by atoms with Gasteiger partial charge in [-0.05, 0) is 109 Å². The van der Waals surface area contributed by atoms with Gasteiger partial charge in [-0.1, -0.05) is 239 Å². The Kier molecular flexibility index (Phi) is 13.4. The molecule has 0 amide bonds. The van der Waals surface area contributed by atoms with Crippen LogP contribution in [0.25, 0.3) is 0 Å². The molecule has 4 rings (SSSR count). The second-order valence-corrected chi connectivity index (χ2v) is 30.9. The topological polar surface area (TPSA) is 9.23 Å². The van der Waals surface area contributed by atoms with Crippen molar-refractivity contribution in [2.75, 3.05) is 0 Å². The predicted octanol–water partition coefficient (Wildman–Crippen LogP) is 12.5. The summed E-state index contributed by atoms with van der Waals surface area (Å²) in [5, 5.41) is 5.96. The Balaban J connectivity index is 2.51. The highest BCUT2D eigenvalue weighted by Crippen LogP contribution is 2.36. The van der Waals surface area contributed by atoms with Gasteiger partial charge < -0.3 is 4.12 Å². The smallest absolute Gasteiger partial charge is 0.229 e. The van der Waals surface area contributed by atoms with Crippen LogP contribution < -0.4 is 20.7 Å². The summed E-state index contributed by atoms with van der Waals surface area (Å²) in [4.78, 5) is 0. The highest BCUT2D eigenvalue weighted by molar-refractivity contribution is 6.93. The van der Waals surface area contributed by atoms with Crippen LogP contribution in [0.15, 0.2) is 72.8 Å². The van der Waals surface area contributed by atoms with E-state index in [0.717, 1.165) is 0 Å². The van der Waals surface area contributed by atoms with E-state index < -0.39 is 18.1 Å². The normalized spacial score (nSPS) is 14.1. The van der Waals surface area contributed by atoms with E-state index >= 15 is 0 Å². The first kappa shape index (κ1) is 48.9. The fourth-order valence-electron chi connectivity index (χ4n) is 9.32. The number of rotatable bonds is 6. The minimum atomic E-state index is -2.64. The molecule has 0 radical (unpaired) electrons. The molecule has 0 saturated carbocycles. The summed E-state index contributed by atoms with van der Waals surface area (Å²) in [6, 6.07) is 28.8. The van der Waals surface area contributed by atoms with Crippen molar-refractivity contribution in [3.05, 3.63) is 117 Å². The Bertz CT molecular complexity index is 1680. The third-order valence-corrected chi connectivity index (χ3v) is 19.0. The van der Waals surface area contributed by atoms with Gasteiger partial charge in [0.05, 0.1) is 0 Å². The number of hydrogen-bond donors (Lipinski definition) is 0. The molecule has 0 aliphatic carbocycles. The van der Waals surface area contributed by atoms with Crippen molar-refractivity contribution in [1.29, 1.82) is 0 Å². The second-order valence-electron chi connectivity index (χ2n) is 26.0. The molecule has 0 aliphatic rings. The van der Waals surface area contributed by atoms with Gasteiger partial charge in [0, 0.05) is 0 Å². The van der Waals surface area contributed by atoms with Crippen LogP contribution in [0, 0.1) is 0 Å². The van der Waals surface area contributed by atoms with Gasteiger partial charge in [-0.2, -0.15) is 0 Å². The van der Waals surface area contributed by atoms with Crippen LogP contribution in [-0.4, -0.2) is 18.1 Å². The van der Waals surface area contributed by atoms with Crippen molar-refractivity contribution >= 4 is 38.8 Å². The first-order valence-electron chi connectivity index (χ1n) is 22.6. The molecule has 4 aromatic carbocycles.